The molecule has 2 nitrogen and oxygen atoms in total. The normalized spacial score (nSPS) is 13.0. The number of anilines is 2. The second kappa shape index (κ2) is 5.17. The molecule has 0 bridgehead atoms. The summed E-state index contributed by atoms with van der Waals surface area (Å²) in [7, 11) is 0. The molecule has 1 N–H and O–H groups in total. The minimum Gasteiger partial charge on any atom is -0.508 e. The van der Waals surface area contributed by atoms with Crippen LogP contribution in [0, 0.1) is 0 Å². The molecule has 19 heavy (non-hydrogen) atoms. The van der Waals surface area contributed by atoms with E-state index in [0.717, 1.165) is 18.7 Å². The highest BCUT2D eigenvalue weighted by Crippen LogP contribution is 2.48. The minimum absolute atomic E-state index is 0.334. The lowest BCUT2D eigenvalue weighted by Gasteiger charge is -2.32. The van der Waals surface area contributed by atoms with Gasteiger partial charge in [-0.2, -0.15) is 0 Å². The highest BCUT2D eigenvalue weighted by molar-refractivity contribution is 7.99. The van der Waals surface area contributed by atoms with Crippen molar-refractivity contribution in [1.82, 2.24) is 0 Å². The van der Waals surface area contributed by atoms with Crippen LogP contribution in [0.4, 0.5) is 11.4 Å². The van der Waals surface area contributed by atoms with Crippen LogP contribution in [0.15, 0.2) is 52.3 Å². The van der Waals surface area contributed by atoms with Crippen molar-refractivity contribution in [3.8, 4) is 5.75 Å². The van der Waals surface area contributed by atoms with Crippen LogP contribution in [0.25, 0.3) is 0 Å². The number of fused-ring (bicyclic) bond motifs is 2. The highest BCUT2D eigenvalue weighted by Gasteiger charge is 2.22. The summed E-state index contributed by atoms with van der Waals surface area (Å²) in [5.74, 6) is 0.334. The third-order valence-corrected chi connectivity index (χ3v) is 4.47. The molecule has 0 fully saturated rings. The third kappa shape index (κ3) is 2.30. The van der Waals surface area contributed by atoms with Crippen molar-refractivity contribution in [3.05, 3.63) is 42.5 Å². The van der Waals surface area contributed by atoms with Crippen LogP contribution in [0.3, 0.4) is 0 Å². The van der Waals surface area contributed by atoms with Crippen LogP contribution in [-0.4, -0.2) is 11.7 Å². The number of hydrogen-bond acceptors (Lipinski definition) is 3. The van der Waals surface area contributed by atoms with E-state index < -0.39 is 0 Å². The molecule has 0 atom stereocenters. The predicted molar refractivity (Wildman–Crippen MR) is 80.6 cm³/mol. The molecule has 0 spiro atoms. The molecular formula is C16H17NOS. The van der Waals surface area contributed by atoms with E-state index in [-0.39, 0.29) is 0 Å². The van der Waals surface area contributed by atoms with Gasteiger partial charge in [-0.25, -0.2) is 0 Å². The summed E-state index contributed by atoms with van der Waals surface area (Å²) in [6, 6.07) is 14.1. The lowest BCUT2D eigenvalue weighted by atomic mass is 10.2. The van der Waals surface area contributed by atoms with Crippen LogP contribution in [0.1, 0.15) is 19.8 Å². The fraction of sp³-hybridized carbons (Fsp3) is 0.250. The van der Waals surface area contributed by atoms with E-state index in [1.807, 2.05) is 12.1 Å². The summed E-state index contributed by atoms with van der Waals surface area (Å²) in [6.07, 6.45) is 2.31. The van der Waals surface area contributed by atoms with E-state index in [4.69, 9.17) is 0 Å². The van der Waals surface area contributed by atoms with E-state index in [2.05, 4.69) is 36.1 Å². The second-order valence-electron chi connectivity index (χ2n) is 4.73. The van der Waals surface area contributed by atoms with Crippen molar-refractivity contribution >= 4 is 23.1 Å². The zero-order valence-electron chi connectivity index (χ0n) is 11.0. The molecule has 2 aromatic rings. The molecule has 0 amide bonds. The molecule has 0 aromatic heterocycles. The zero-order chi connectivity index (χ0) is 13.2. The quantitative estimate of drug-likeness (QED) is 0.867. The van der Waals surface area contributed by atoms with Gasteiger partial charge in [0.1, 0.15) is 5.75 Å². The number of rotatable bonds is 3. The van der Waals surface area contributed by atoms with E-state index >= 15 is 0 Å². The smallest absolute Gasteiger partial charge is 0.117 e. The molecule has 0 saturated carbocycles. The maximum atomic E-state index is 9.74. The van der Waals surface area contributed by atoms with Gasteiger partial charge in [0.2, 0.25) is 0 Å². The van der Waals surface area contributed by atoms with Crippen molar-refractivity contribution in [1.29, 1.82) is 0 Å². The van der Waals surface area contributed by atoms with Gasteiger partial charge in [-0.05, 0) is 30.7 Å². The number of aromatic hydroxyl groups is 1. The van der Waals surface area contributed by atoms with Crippen molar-refractivity contribution in [2.45, 2.75) is 29.6 Å². The zero-order valence-corrected chi connectivity index (χ0v) is 11.8. The third-order valence-electron chi connectivity index (χ3n) is 3.34. The first-order chi connectivity index (χ1) is 9.29. The fourth-order valence-electron chi connectivity index (χ4n) is 2.37. The summed E-state index contributed by atoms with van der Waals surface area (Å²) in [6.45, 7) is 3.19. The van der Waals surface area contributed by atoms with Crippen LogP contribution >= 0.6 is 11.8 Å². The summed E-state index contributed by atoms with van der Waals surface area (Å²) >= 11 is 1.78. The monoisotopic (exact) mass is 271 g/mol. The Morgan fingerprint density at radius 2 is 1.84 bits per heavy atom. The highest BCUT2D eigenvalue weighted by atomic mass is 32.2. The number of benzene rings is 2. The predicted octanol–water partition coefficient (Wildman–Crippen LogP) is 4.80. The maximum Gasteiger partial charge on any atom is 0.117 e. The lowest BCUT2D eigenvalue weighted by Crippen LogP contribution is -2.21. The standard InChI is InChI=1S/C16H17NOS/c1-2-3-10-17-13-6-4-5-7-15(13)19-16-9-8-12(18)11-14(16)17/h4-9,11,18H,2-3,10H2,1H3. The van der Waals surface area contributed by atoms with Crippen molar-refractivity contribution in [3.63, 3.8) is 0 Å². The summed E-state index contributed by atoms with van der Waals surface area (Å²) in [5.41, 5.74) is 2.37. The minimum atomic E-state index is 0.334. The Labute approximate surface area is 118 Å². The SMILES string of the molecule is CCCCN1c2ccccc2Sc2ccc(O)cc21. The number of phenolic OH excluding ortho intramolecular Hbond substituents is 1. The van der Waals surface area contributed by atoms with Gasteiger partial charge < -0.3 is 10.0 Å². The van der Waals surface area contributed by atoms with Gasteiger partial charge in [0.25, 0.3) is 0 Å². The van der Waals surface area contributed by atoms with Gasteiger partial charge in [0.15, 0.2) is 0 Å². The van der Waals surface area contributed by atoms with Gasteiger partial charge in [-0.15, -0.1) is 0 Å². The molecule has 1 aliphatic heterocycles. The molecule has 0 saturated heterocycles. The molecule has 3 heteroatoms. The Bertz CT molecular complexity index is 597. The average Bonchev–Trinajstić information content (AvgIpc) is 2.44. The number of hydrogen-bond donors (Lipinski definition) is 1. The average molecular weight is 271 g/mol. The van der Waals surface area contributed by atoms with Gasteiger partial charge in [-0.3, -0.25) is 0 Å². The summed E-state index contributed by atoms with van der Waals surface area (Å²) < 4.78 is 0. The molecule has 3 rings (SSSR count). The topological polar surface area (TPSA) is 23.5 Å². The van der Waals surface area contributed by atoms with Crippen LogP contribution in [0.5, 0.6) is 5.75 Å². The molecule has 0 radical (unpaired) electrons. The molecular weight excluding hydrogens is 254 g/mol. The molecule has 1 aliphatic rings. The Kier molecular flexibility index (Phi) is 3.38. The largest absolute Gasteiger partial charge is 0.508 e. The number of phenols is 1. The van der Waals surface area contributed by atoms with Gasteiger partial charge in [0.05, 0.1) is 11.4 Å². The molecule has 0 unspecified atom stereocenters. The lowest BCUT2D eigenvalue weighted by molar-refractivity contribution is 0.475. The van der Waals surface area contributed by atoms with Crippen LogP contribution in [-0.2, 0) is 0 Å². The van der Waals surface area contributed by atoms with Gasteiger partial charge >= 0.3 is 0 Å². The van der Waals surface area contributed by atoms with Crippen LogP contribution < -0.4 is 4.90 Å². The van der Waals surface area contributed by atoms with E-state index in [9.17, 15) is 5.11 Å². The molecule has 1 heterocycles. The second-order valence-corrected chi connectivity index (χ2v) is 5.81. The first-order valence-electron chi connectivity index (χ1n) is 6.67. The van der Waals surface area contributed by atoms with Crippen molar-refractivity contribution in [2.75, 3.05) is 11.4 Å². The Hall–Kier alpha value is -1.61. The maximum absolute atomic E-state index is 9.74. The Balaban J connectivity index is 2.08. The number of nitrogens with zero attached hydrogens (tertiary/aromatic N) is 1. The number of para-hydroxylation sites is 1. The van der Waals surface area contributed by atoms with Gasteiger partial charge in [-0.1, -0.05) is 37.2 Å². The van der Waals surface area contributed by atoms with E-state index in [1.54, 1.807) is 17.8 Å². The Morgan fingerprint density at radius 1 is 1.05 bits per heavy atom. The first-order valence-corrected chi connectivity index (χ1v) is 7.48. The molecule has 98 valence electrons. The summed E-state index contributed by atoms with van der Waals surface area (Å²) in [5, 5.41) is 9.74. The van der Waals surface area contributed by atoms with Crippen molar-refractivity contribution in [2.24, 2.45) is 0 Å². The van der Waals surface area contributed by atoms with Crippen molar-refractivity contribution < 1.29 is 5.11 Å². The fourth-order valence-corrected chi connectivity index (χ4v) is 3.45. The molecule has 2 aromatic carbocycles. The first kappa shape index (κ1) is 12.4. The van der Waals surface area contributed by atoms with Gasteiger partial charge in [0, 0.05) is 22.4 Å². The number of unbranched alkanes of at least 4 members (excludes halogenated alkanes) is 1. The Morgan fingerprint density at radius 3 is 2.68 bits per heavy atom. The van der Waals surface area contributed by atoms with E-state index in [1.165, 1.54) is 21.9 Å². The van der Waals surface area contributed by atoms with Crippen LogP contribution in [0.2, 0.25) is 0 Å². The molecule has 0 aliphatic carbocycles. The van der Waals surface area contributed by atoms with E-state index in [0.29, 0.717) is 5.75 Å². The summed E-state index contributed by atoms with van der Waals surface area (Å²) in [4.78, 5) is 4.83.